The van der Waals surface area contributed by atoms with Crippen LogP contribution in [0, 0.1) is 6.92 Å². The number of methoxy groups -OCH3 is 2. The summed E-state index contributed by atoms with van der Waals surface area (Å²) in [6.45, 7) is 2.03. The molecule has 0 bridgehead atoms. The summed E-state index contributed by atoms with van der Waals surface area (Å²) in [5.74, 6) is 1.10. The zero-order valence-corrected chi connectivity index (χ0v) is 12.8. The first-order valence-corrected chi connectivity index (χ1v) is 7.24. The molecule has 3 nitrogen and oxygen atoms in total. The Bertz CT molecular complexity index is 589. The Morgan fingerprint density at radius 3 is 1.95 bits per heavy atom. The predicted molar refractivity (Wildman–Crippen MR) is 90.2 cm³/mol. The topological polar surface area (TPSA) is 35.5 Å². The molecular weight excluding hydrogens is 278 g/mol. The summed E-state index contributed by atoms with van der Waals surface area (Å²) in [6, 6.07) is 13.3. The molecule has 0 saturated carbocycles. The van der Waals surface area contributed by atoms with Crippen LogP contribution >= 0.6 is 8.58 Å². The molecule has 0 N–H and O–H groups in total. The van der Waals surface area contributed by atoms with Gasteiger partial charge in [0.15, 0.2) is 5.52 Å². The Kier molecular flexibility index (Phi) is 6.98. The van der Waals surface area contributed by atoms with E-state index in [0.717, 1.165) is 5.30 Å². The molecule has 0 aromatic heterocycles. The van der Waals surface area contributed by atoms with Crippen molar-refractivity contribution in [3.05, 3.63) is 53.6 Å². The number of aryl methyl sites for hydroxylation is 1. The van der Waals surface area contributed by atoms with Crippen molar-refractivity contribution in [2.24, 2.45) is 0 Å². The van der Waals surface area contributed by atoms with E-state index in [0.29, 0.717) is 17.1 Å². The van der Waals surface area contributed by atoms with E-state index in [1.54, 1.807) is 26.4 Å². The van der Waals surface area contributed by atoms with Gasteiger partial charge in [0.05, 0.1) is 14.2 Å². The van der Waals surface area contributed by atoms with E-state index in [1.165, 1.54) is 5.56 Å². The summed E-state index contributed by atoms with van der Waals surface area (Å²) in [4.78, 5) is 12.5. The van der Waals surface area contributed by atoms with Gasteiger partial charge < -0.3 is 9.47 Å². The summed E-state index contributed by atoms with van der Waals surface area (Å²) in [5, 5.41) is 1.01. The Labute approximate surface area is 139 Å². The Hall–Kier alpha value is -1.26. The Morgan fingerprint density at radius 2 is 1.48 bits per heavy atom. The maximum absolute atomic E-state index is 12.5. The Morgan fingerprint density at radius 1 is 0.952 bits per heavy atom. The van der Waals surface area contributed by atoms with E-state index in [9.17, 15) is 4.79 Å². The molecule has 106 valence electrons. The van der Waals surface area contributed by atoms with Crippen LogP contribution in [0.3, 0.4) is 0 Å². The molecule has 0 aliphatic rings. The average molecular weight is 296 g/mol. The van der Waals surface area contributed by atoms with Gasteiger partial charge in [-0.05, 0) is 32.9 Å². The standard InChI is InChI=1S/C16H17O3P.Li.H/c1-11-7-9-12(10-8-11)20-16(17)15-13(18-2)5-4-6-14(15)19-3;;/h4-10,20H,1-3H3;;. The van der Waals surface area contributed by atoms with Crippen molar-refractivity contribution in [1.29, 1.82) is 0 Å². The van der Waals surface area contributed by atoms with Crippen molar-refractivity contribution in [1.82, 2.24) is 0 Å². The van der Waals surface area contributed by atoms with Crippen molar-refractivity contribution in [3.63, 3.8) is 0 Å². The van der Waals surface area contributed by atoms with Crippen molar-refractivity contribution in [3.8, 4) is 11.5 Å². The van der Waals surface area contributed by atoms with Gasteiger partial charge in [-0.25, -0.2) is 0 Å². The molecule has 0 spiro atoms. The number of hydrogen-bond donors (Lipinski definition) is 0. The third kappa shape index (κ3) is 4.35. The molecule has 0 aliphatic carbocycles. The van der Waals surface area contributed by atoms with Gasteiger partial charge in [0, 0.05) is 0 Å². The number of rotatable bonds is 5. The molecule has 21 heavy (non-hydrogen) atoms. The van der Waals surface area contributed by atoms with E-state index in [1.807, 2.05) is 37.3 Å². The maximum atomic E-state index is 12.5. The quantitative estimate of drug-likeness (QED) is 0.628. The first-order chi connectivity index (χ1) is 9.65. The van der Waals surface area contributed by atoms with E-state index >= 15 is 0 Å². The van der Waals surface area contributed by atoms with E-state index in [4.69, 9.17) is 9.47 Å². The zero-order chi connectivity index (χ0) is 14.5. The molecule has 5 heteroatoms. The molecule has 0 radical (unpaired) electrons. The van der Waals surface area contributed by atoms with Crippen molar-refractivity contribution >= 4 is 38.3 Å². The van der Waals surface area contributed by atoms with Gasteiger partial charge in [0.2, 0.25) is 0 Å². The molecule has 1 unspecified atom stereocenters. The fraction of sp³-hybridized carbons (Fsp3) is 0.188. The van der Waals surface area contributed by atoms with E-state index in [-0.39, 0.29) is 33.0 Å². The van der Waals surface area contributed by atoms with Gasteiger partial charge in [-0.15, -0.1) is 0 Å². The molecular formula is C16H18LiO3P. The second-order valence-electron chi connectivity index (χ2n) is 4.36. The van der Waals surface area contributed by atoms with Crippen LogP contribution in [0.1, 0.15) is 15.9 Å². The molecule has 2 rings (SSSR count). The SMILES string of the molecule is COc1cccc(OC)c1C(=O)Pc1ccc(C)cc1.[LiH]. The fourth-order valence-corrected chi connectivity index (χ4v) is 2.87. The summed E-state index contributed by atoms with van der Waals surface area (Å²) < 4.78 is 10.5. The Balaban J connectivity index is 0.00000220. The van der Waals surface area contributed by atoms with Crippen LogP contribution in [0.5, 0.6) is 11.5 Å². The predicted octanol–water partition coefficient (Wildman–Crippen LogP) is 2.51. The summed E-state index contributed by atoms with van der Waals surface area (Å²) in [6.07, 6.45) is 0. The molecule has 0 heterocycles. The molecule has 0 amide bonds. The first kappa shape index (κ1) is 17.8. The molecule has 1 atom stereocenters. The number of hydrogen-bond acceptors (Lipinski definition) is 3. The monoisotopic (exact) mass is 296 g/mol. The van der Waals surface area contributed by atoms with Crippen LogP contribution < -0.4 is 14.8 Å². The van der Waals surface area contributed by atoms with Crippen LogP contribution in [-0.4, -0.2) is 38.6 Å². The fourth-order valence-electron chi connectivity index (χ4n) is 1.91. The van der Waals surface area contributed by atoms with Crippen LogP contribution in [0.4, 0.5) is 0 Å². The van der Waals surface area contributed by atoms with Crippen LogP contribution in [0.2, 0.25) is 0 Å². The van der Waals surface area contributed by atoms with Crippen LogP contribution in [-0.2, 0) is 0 Å². The van der Waals surface area contributed by atoms with Gasteiger partial charge in [0.25, 0.3) is 0 Å². The van der Waals surface area contributed by atoms with Gasteiger partial charge in [-0.1, -0.05) is 35.9 Å². The summed E-state index contributed by atoms with van der Waals surface area (Å²) >= 11 is 0. The third-order valence-electron chi connectivity index (χ3n) is 2.96. The van der Waals surface area contributed by atoms with Gasteiger partial charge >= 0.3 is 18.9 Å². The summed E-state index contributed by atoms with van der Waals surface area (Å²) in [5.41, 5.74) is 1.71. The minimum absolute atomic E-state index is 0. The second-order valence-corrected chi connectivity index (χ2v) is 5.64. The molecule has 2 aromatic carbocycles. The number of carbonyl (C=O) groups excluding carboxylic acids is 1. The average Bonchev–Trinajstić information content (AvgIpc) is 2.48. The molecule has 2 aromatic rings. The minimum atomic E-state index is 0. The van der Waals surface area contributed by atoms with Crippen LogP contribution in [0.15, 0.2) is 42.5 Å². The number of carbonyl (C=O) groups is 1. The molecule has 0 fully saturated rings. The molecule has 0 saturated heterocycles. The van der Waals surface area contributed by atoms with Crippen molar-refractivity contribution in [2.45, 2.75) is 6.92 Å². The third-order valence-corrected chi connectivity index (χ3v) is 4.06. The first-order valence-electron chi connectivity index (χ1n) is 6.24. The van der Waals surface area contributed by atoms with Gasteiger partial charge in [-0.3, -0.25) is 4.79 Å². The van der Waals surface area contributed by atoms with E-state index < -0.39 is 0 Å². The van der Waals surface area contributed by atoms with Gasteiger partial charge in [0.1, 0.15) is 17.1 Å². The normalized spacial score (nSPS) is 10.2. The van der Waals surface area contributed by atoms with Gasteiger partial charge in [-0.2, -0.15) is 0 Å². The van der Waals surface area contributed by atoms with Crippen molar-refractivity contribution in [2.75, 3.05) is 14.2 Å². The molecule has 0 aliphatic heterocycles. The van der Waals surface area contributed by atoms with Crippen molar-refractivity contribution < 1.29 is 14.3 Å². The van der Waals surface area contributed by atoms with E-state index in [2.05, 4.69) is 0 Å². The van der Waals surface area contributed by atoms with Crippen LogP contribution in [0.25, 0.3) is 0 Å². The summed E-state index contributed by atoms with van der Waals surface area (Å²) in [7, 11) is 3.16. The zero-order valence-electron chi connectivity index (χ0n) is 11.8. The number of benzene rings is 2. The second kappa shape index (κ2) is 8.25. The number of ether oxygens (including phenoxy) is 2.